The molecule has 4 heterocycles. The number of hydrogen-bond acceptors (Lipinski definition) is 8. The van der Waals surface area contributed by atoms with Crippen molar-refractivity contribution in [2.24, 2.45) is 0 Å². The van der Waals surface area contributed by atoms with Gasteiger partial charge in [0.1, 0.15) is 17.2 Å². The van der Waals surface area contributed by atoms with E-state index in [1.54, 1.807) is 0 Å². The van der Waals surface area contributed by atoms with Crippen LogP contribution in [0.25, 0.3) is 22.2 Å². The van der Waals surface area contributed by atoms with Crippen LogP contribution in [0.2, 0.25) is 5.02 Å². The van der Waals surface area contributed by atoms with E-state index in [1.807, 2.05) is 21.2 Å². The molecule has 1 aromatic carbocycles. The van der Waals surface area contributed by atoms with Gasteiger partial charge in [0.15, 0.2) is 5.82 Å². The van der Waals surface area contributed by atoms with Gasteiger partial charge < -0.3 is 20.7 Å². The van der Waals surface area contributed by atoms with Gasteiger partial charge in [0, 0.05) is 57.3 Å². The minimum Gasteiger partial charge on any atom is -0.467 e. The Hall–Kier alpha value is -2.28. The lowest BCUT2D eigenvalue weighted by atomic mass is 9.98. The molecule has 14 heteroatoms. The zero-order chi connectivity index (χ0) is 26.5. The van der Waals surface area contributed by atoms with Crippen molar-refractivity contribution < 1.29 is 22.3 Å². The van der Waals surface area contributed by atoms with Gasteiger partial charge in [-0.1, -0.05) is 17.5 Å². The van der Waals surface area contributed by atoms with Crippen molar-refractivity contribution in [2.45, 2.75) is 31.1 Å². The van der Waals surface area contributed by atoms with Crippen molar-refractivity contribution in [3.8, 4) is 28.4 Å². The lowest BCUT2D eigenvalue weighted by Crippen LogP contribution is -2.52. The second-order valence-corrected chi connectivity index (χ2v) is 10.6. The zero-order valence-electron chi connectivity index (χ0n) is 19.1. The molecular weight excluding hydrogens is 647 g/mol. The van der Waals surface area contributed by atoms with Crippen LogP contribution in [0, 0.1) is 17.0 Å². The molecule has 5 rings (SSSR count). The summed E-state index contributed by atoms with van der Waals surface area (Å²) < 4.78 is 64.3. The van der Waals surface area contributed by atoms with Crippen LogP contribution in [0.3, 0.4) is 0 Å². The number of nitrogens with zero attached hydrogens (tertiary/aromatic N) is 4. The third-order valence-corrected chi connectivity index (χ3v) is 7.57. The van der Waals surface area contributed by atoms with Crippen molar-refractivity contribution in [1.29, 1.82) is 0 Å². The van der Waals surface area contributed by atoms with Crippen LogP contribution < -0.4 is 20.7 Å². The fraction of sp³-hybridized carbons (Fsp3) is 0.348. The third kappa shape index (κ3) is 4.73. The molecule has 2 fully saturated rings. The standard InChI is InChI=1S/C23H18ClF4IN6OS/c1-36-22-33-19-13(21(34-22)35-11-2-3-12(35)9-31-8-11)7-14(24)16(18(19)25)20-17(23(26,27)28)10(4-5-37-29)6-15(30)32-20/h6-7,11-12,31H,2-3,8-9H2,1H3,(H2,30,32). The van der Waals surface area contributed by atoms with Gasteiger partial charge in [0.05, 0.1) is 29.0 Å². The Morgan fingerprint density at radius 1 is 1.22 bits per heavy atom. The molecule has 3 aromatic rings. The number of hydrogen-bond donors (Lipinski definition) is 2. The first kappa shape index (κ1) is 26.3. The van der Waals surface area contributed by atoms with E-state index in [9.17, 15) is 13.2 Å². The number of methoxy groups -OCH3 is 1. The van der Waals surface area contributed by atoms with Gasteiger partial charge in [-0.2, -0.15) is 23.1 Å². The van der Waals surface area contributed by atoms with Gasteiger partial charge in [-0.25, -0.2) is 9.37 Å². The number of halogens is 6. The summed E-state index contributed by atoms with van der Waals surface area (Å²) in [6.07, 6.45) is -3.09. The number of nitrogen functional groups attached to an aromatic ring is 1. The fourth-order valence-corrected chi connectivity index (χ4v) is 5.76. The van der Waals surface area contributed by atoms with E-state index in [2.05, 4.69) is 36.3 Å². The van der Waals surface area contributed by atoms with Crippen LogP contribution >= 0.6 is 41.7 Å². The molecule has 2 aliphatic rings. The topological polar surface area (TPSA) is 89.2 Å². The number of aromatic nitrogens is 3. The molecule has 0 spiro atoms. The van der Waals surface area contributed by atoms with Crippen LogP contribution in [-0.4, -0.2) is 47.2 Å². The molecule has 0 aliphatic carbocycles. The van der Waals surface area contributed by atoms with Gasteiger partial charge in [0.25, 0.3) is 0 Å². The number of pyridine rings is 1. The summed E-state index contributed by atoms with van der Waals surface area (Å²) in [7, 11) is 2.33. The summed E-state index contributed by atoms with van der Waals surface area (Å²) in [5.74, 6) is 1.50. The number of rotatable bonds is 3. The molecule has 3 N–H and O–H groups in total. The Labute approximate surface area is 230 Å². The van der Waals surface area contributed by atoms with Gasteiger partial charge in [-0.05, 0) is 39.2 Å². The number of alkyl halides is 3. The predicted octanol–water partition coefficient (Wildman–Crippen LogP) is 5.43. The highest BCUT2D eigenvalue weighted by Crippen LogP contribution is 2.45. The van der Waals surface area contributed by atoms with Crippen LogP contribution in [0.15, 0.2) is 12.1 Å². The smallest absolute Gasteiger partial charge is 0.419 e. The quantitative estimate of drug-likeness (QED) is 0.218. The maximum absolute atomic E-state index is 16.2. The highest BCUT2D eigenvalue weighted by Gasteiger charge is 2.41. The number of nitrogens with one attached hydrogen (secondary N) is 1. The van der Waals surface area contributed by atoms with Gasteiger partial charge in [-0.3, -0.25) is 0 Å². The molecule has 2 unspecified atom stereocenters. The highest BCUT2D eigenvalue weighted by atomic mass is 127. The summed E-state index contributed by atoms with van der Waals surface area (Å²) >= 11 is 8.33. The number of piperazine rings is 1. The van der Waals surface area contributed by atoms with E-state index in [0.29, 0.717) is 5.82 Å². The summed E-state index contributed by atoms with van der Waals surface area (Å²) in [5.41, 5.74) is 2.58. The minimum absolute atomic E-state index is 0.116. The molecule has 2 bridgehead atoms. The molecule has 2 aromatic heterocycles. The second kappa shape index (κ2) is 10.1. The van der Waals surface area contributed by atoms with E-state index < -0.39 is 34.4 Å². The summed E-state index contributed by atoms with van der Waals surface area (Å²) in [5, 5.41) is 5.86. The Morgan fingerprint density at radius 3 is 2.54 bits per heavy atom. The van der Waals surface area contributed by atoms with E-state index in [0.717, 1.165) is 40.9 Å². The first-order valence-corrected chi connectivity index (χ1v) is 14.8. The number of fused-ring (bicyclic) bond motifs is 3. The molecule has 0 radical (unpaired) electrons. The van der Waals surface area contributed by atoms with Crippen molar-refractivity contribution >= 4 is 64.3 Å². The zero-order valence-corrected chi connectivity index (χ0v) is 22.8. The number of nitrogens with two attached hydrogens (primary N) is 1. The minimum atomic E-state index is -4.92. The monoisotopic (exact) mass is 664 g/mol. The van der Waals surface area contributed by atoms with E-state index in [4.69, 9.17) is 22.1 Å². The normalized spacial score (nSPS) is 19.2. The number of ether oxygens (including phenoxy) is 1. The average molecular weight is 665 g/mol. The average Bonchev–Trinajstić information content (AvgIpc) is 3.08. The van der Waals surface area contributed by atoms with Crippen molar-refractivity contribution in [3.05, 3.63) is 34.1 Å². The Kier molecular flexibility index (Phi) is 7.20. The molecule has 37 heavy (non-hydrogen) atoms. The molecule has 0 amide bonds. The summed E-state index contributed by atoms with van der Waals surface area (Å²) in [6.45, 7) is 1.44. The molecule has 2 saturated heterocycles. The maximum atomic E-state index is 16.2. The van der Waals surface area contributed by atoms with Gasteiger partial charge in [-0.15, -0.1) is 0 Å². The Bertz CT molecular complexity index is 1450. The van der Waals surface area contributed by atoms with Gasteiger partial charge in [0.2, 0.25) is 0 Å². The lowest BCUT2D eigenvalue weighted by molar-refractivity contribution is -0.137. The molecule has 2 aliphatic heterocycles. The molecule has 0 saturated carbocycles. The largest absolute Gasteiger partial charge is 0.467 e. The third-order valence-electron chi connectivity index (χ3n) is 6.43. The van der Waals surface area contributed by atoms with E-state index in [1.165, 1.54) is 13.2 Å². The summed E-state index contributed by atoms with van der Waals surface area (Å²) in [6, 6.07) is 2.50. The van der Waals surface area contributed by atoms with Crippen LogP contribution in [0.1, 0.15) is 24.0 Å². The van der Waals surface area contributed by atoms with Crippen LogP contribution in [-0.2, 0) is 6.18 Å². The molecule has 2 atom stereocenters. The lowest BCUT2D eigenvalue weighted by Gasteiger charge is -2.37. The first-order valence-electron chi connectivity index (χ1n) is 11.0. The number of anilines is 2. The molecular formula is C23H18ClF4IN6OS. The van der Waals surface area contributed by atoms with E-state index in [-0.39, 0.29) is 39.8 Å². The first-order chi connectivity index (χ1) is 17.6. The van der Waals surface area contributed by atoms with E-state index >= 15 is 4.39 Å². The molecule has 194 valence electrons. The van der Waals surface area contributed by atoms with Crippen molar-refractivity contribution in [3.63, 3.8) is 0 Å². The number of benzene rings is 1. The van der Waals surface area contributed by atoms with Gasteiger partial charge >= 0.3 is 12.2 Å². The summed E-state index contributed by atoms with van der Waals surface area (Å²) in [4.78, 5) is 14.6. The Balaban J connectivity index is 1.81. The maximum Gasteiger partial charge on any atom is 0.419 e. The SMILES string of the molecule is COc1nc(N2C3CCC2CNC3)c2cc(Cl)c(-c3nc(N)cc(C#CSI)c3C(F)(F)F)c(F)c2n1. The fourth-order valence-electron chi connectivity index (χ4n) is 5.00. The second-order valence-electron chi connectivity index (χ2n) is 8.55. The predicted molar refractivity (Wildman–Crippen MR) is 144 cm³/mol. The van der Waals surface area contributed by atoms with Crippen molar-refractivity contribution in [1.82, 2.24) is 20.3 Å². The molecule has 7 nitrogen and oxygen atoms in total. The van der Waals surface area contributed by atoms with Crippen molar-refractivity contribution in [2.75, 3.05) is 30.8 Å². The van der Waals surface area contributed by atoms with Crippen LogP contribution in [0.5, 0.6) is 6.01 Å². The Morgan fingerprint density at radius 2 is 1.92 bits per heavy atom. The van der Waals surface area contributed by atoms with Crippen LogP contribution in [0.4, 0.5) is 29.2 Å². The highest BCUT2D eigenvalue weighted by molar-refractivity contribution is 14.2.